The molecule has 1 amide bonds. The second-order valence-corrected chi connectivity index (χ2v) is 5.16. The average Bonchev–Trinajstić information content (AvgIpc) is 2.88. The number of carbonyl (C=O) groups excluding carboxylic acids is 1. The van der Waals surface area contributed by atoms with E-state index in [1.165, 1.54) is 4.88 Å². The maximum atomic E-state index is 12.0. The third kappa shape index (κ3) is 3.67. The lowest BCUT2D eigenvalue weighted by Gasteiger charge is -2.20. The molecule has 1 saturated heterocycles. The fourth-order valence-electron chi connectivity index (χ4n) is 1.89. The summed E-state index contributed by atoms with van der Waals surface area (Å²) in [6, 6.07) is 3.78. The van der Waals surface area contributed by atoms with E-state index < -0.39 is 0 Å². The molecule has 2 atom stereocenters. The van der Waals surface area contributed by atoms with Crippen LogP contribution in [0.25, 0.3) is 0 Å². The van der Waals surface area contributed by atoms with Crippen LogP contribution in [0, 0.1) is 0 Å². The molecule has 4 nitrogen and oxygen atoms in total. The SMILES string of the molecule is CN(Cc1cccs1)C(=O)C1CC(O)CN1.Cl. The van der Waals surface area contributed by atoms with E-state index in [4.69, 9.17) is 0 Å². The number of thiophene rings is 1. The molecule has 0 radical (unpaired) electrons. The summed E-state index contributed by atoms with van der Waals surface area (Å²) in [5.74, 6) is 0.0601. The smallest absolute Gasteiger partial charge is 0.239 e. The van der Waals surface area contributed by atoms with Crippen LogP contribution in [-0.4, -0.2) is 41.7 Å². The van der Waals surface area contributed by atoms with Gasteiger partial charge in [0.25, 0.3) is 0 Å². The van der Waals surface area contributed by atoms with Gasteiger partial charge in [-0.1, -0.05) is 6.07 Å². The van der Waals surface area contributed by atoms with Crippen LogP contribution in [0.5, 0.6) is 0 Å². The van der Waals surface area contributed by atoms with Gasteiger partial charge < -0.3 is 15.3 Å². The fourth-order valence-corrected chi connectivity index (χ4v) is 2.64. The van der Waals surface area contributed by atoms with Gasteiger partial charge >= 0.3 is 0 Å². The van der Waals surface area contributed by atoms with Crippen molar-refractivity contribution >= 4 is 29.7 Å². The number of likely N-dealkylation sites (N-methyl/N-ethyl adjacent to an activating group) is 1. The summed E-state index contributed by atoms with van der Waals surface area (Å²) in [5, 5.41) is 14.4. The molecule has 2 unspecified atom stereocenters. The highest BCUT2D eigenvalue weighted by atomic mass is 35.5. The Kier molecular flexibility index (Phi) is 5.39. The molecule has 0 spiro atoms. The number of β-amino-alcohol motifs (C(OH)–C–C–N with tert-alkyl or cyclic N) is 1. The van der Waals surface area contributed by atoms with E-state index in [-0.39, 0.29) is 30.5 Å². The van der Waals surface area contributed by atoms with Crippen molar-refractivity contribution < 1.29 is 9.90 Å². The minimum Gasteiger partial charge on any atom is -0.392 e. The van der Waals surface area contributed by atoms with Gasteiger partial charge in [0.05, 0.1) is 18.7 Å². The molecule has 0 aromatic carbocycles. The number of rotatable bonds is 3. The van der Waals surface area contributed by atoms with E-state index in [1.54, 1.807) is 23.3 Å². The van der Waals surface area contributed by atoms with Crippen LogP contribution in [0.4, 0.5) is 0 Å². The summed E-state index contributed by atoms with van der Waals surface area (Å²) in [6.07, 6.45) is 0.136. The highest BCUT2D eigenvalue weighted by Crippen LogP contribution is 2.14. The zero-order valence-corrected chi connectivity index (χ0v) is 11.3. The summed E-state index contributed by atoms with van der Waals surface area (Å²) in [4.78, 5) is 14.9. The Bertz CT molecular complexity index is 358. The van der Waals surface area contributed by atoms with Crippen LogP contribution in [0.15, 0.2) is 17.5 Å². The van der Waals surface area contributed by atoms with Gasteiger partial charge in [0.2, 0.25) is 5.91 Å². The Morgan fingerprint density at radius 3 is 3.00 bits per heavy atom. The van der Waals surface area contributed by atoms with Crippen LogP contribution in [-0.2, 0) is 11.3 Å². The lowest BCUT2D eigenvalue weighted by Crippen LogP contribution is -2.41. The lowest BCUT2D eigenvalue weighted by atomic mass is 10.2. The third-order valence-electron chi connectivity index (χ3n) is 2.76. The standard InChI is InChI=1S/C11H16N2O2S.ClH/c1-13(7-9-3-2-4-16-9)11(15)10-5-8(14)6-12-10;/h2-4,8,10,12,14H,5-7H2,1H3;1H. The Morgan fingerprint density at radius 2 is 2.47 bits per heavy atom. The molecule has 1 aromatic heterocycles. The Morgan fingerprint density at radius 1 is 1.71 bits per heavy atom. The molecule has 2 heterocycles. The van der Waals surface area contributed by atoms with Gasteiger partial charge in [-0.3, -0.25) is 4.79 Å². The van der Waals surface area contributed by atoms with E-state index in [9.17, 15) is 9.90 Å². The van der Waals surface area contributed by atoms with E-state index in [1.807, 2.05) is 17.5 Å². The maximum absolute atomic E-state index is 12.0. The van der Waals surface area contributed by atoms with Crippen LogP contribution in [0.2, 0.25) is 0 Å². The van der Waals surface area contributed by atoms with Gasteiger partial charge in [-0.25, -0.2) is 0 Å². The quantitative estimate of drug-likeness (QED) is 0.861. The first kappa shape index (κ1) is 14.4. The first-order chi connectivity index (χ1) is 7.66. The first-order valence-corrected chi connectivity index (χ1v) is 6.23. The monoisotopic (exact) mass is 276 g/mol. The number of nitrogens with one attached hydrogen (secondary N) is 1. The number of amides is 1. The van der Waals surface area contributed by atoms with Gasteiger partial charge in [-0.05, 0) is 17.9 Å². The molecule has 1 aliphatic rings. The Labute approximate surface area is 111 Å². The van der Waals surface area contributed by atoms with Crippen molar-refractivity contribution in [3.8, 4) is 0 Å². The molecule has 17 heavy (non-hydrogen) atoms. The van der Waals surface area contributed by atoms with Crippen molar-refractivity contribution in [2.75, 3.05) is 13.6 Å². The molecule has 1 fully saturated rings. The summed E-state index contributed by atoms with van der Waals surface area (Å²) < 4.78 is 0. The molecule has 0 aliphatic carbocycles. The lowest BCUT2D eigenvalue weighted by molar-refractivity contribution is -0.132. The average molecular weight is 277 g/mol. The highest BCUT2D eigenvalue weighted by Gasteiger charge is 2.29. The van der Waals surface area contributed by atoms with Crippen molar-refractivity contribution in [2.45, 2.75) is 25.1 Å². The third-order valence-corrected chi connectivity index (χ3v) is 3.62. The molecule has 2 N–H and O–H groups in total. The maximum Gasteiger partial charge on any atom is 0.239 e. The zero-order valence-electron chi connectivity index (χ0n) is 9.63. The fraction of sp³-hybridized carbons (Fsp3) is 0.545. The number of aliphatic hydroxyl groups is 1. The molecule has 1 aliphatic heterocycles. The van der Waals surface area contributed by atoms with Gasteiger partial charge in [-0.2, -0.15) is 0 Å². The van der Waals surface area contributed by atoms with Crippen molar-refractivity contribution in [2.24, 2.45) is 0 Å². The second kappa shape index (κ2) is 6.35. The molecular weight excluding hydrogens is 260 g/mol. The molecule has 0 saturated carbocycles. The predicted octanol–water partition coefficient (Wildman–Crippen LogP) is 0.851. The van der Waals surface area contributed by atoms with Gasteiger partial charge in [0.15, 0.2) is 0 Å². The van der Waals surface area contributed by atoms with E-state index >= 15 is 0 Å². The van der Waals surface area contributed by atoms with Crippen molar-refractivity contribution in [1.82, 2.24) is 10.2 Å². The van der Waals surface area contributed by atoms with Gasteiger partial charge in [0, 0.05) is 18.5 Å². The number of hydrogen-bond donors (Lipinski definition) is 2. The summed E-state index contributed by atoms with van der Waals surface area (Å²) in [6.45, 7) is 1.16. The Balaban J connectivity index is 0.00000144. The van der Waals surface area contributed by atoms with Crippen molar-refractivity contribution in [3.05, 3.63) is 22.4 Å². The minimum atomic E-state index is -0.385. The summed E-state index contributed by atoms with van der Waals surface area (Å²) in [7, 11) is 1.80. The van der Waals surface area contributed by atoms with Crippen molar-refractivity contribution in [3.63, 3.8) is 0 Å². The molecular formula is C11H17ClN2O2S. The van der Waals surface area contributed by atoms with E-state index in [0.717, 1.165) is 0 Å². The topological polar surface area (TPSA) is 52.6 Å². The molecule has 2 rings (SSSR count). The zero-order chi connectivity index (χ0) is 11.5. The van der Waals surface area contributed by atoms with Crippen LogP contribution in [0.1, 0.15) is 11.3 Å². The molecule has 6 heteroatoms. The number of hydrogen-bond acceptors (Lipinski definition) is 4. The van der Waals surface area contributed by atoms with Crippen LogP contribution in [0.3, 0.4) is 0 Å². The van der Waals surface area contributed by atoms with Gasteiger partial charge in [-0.15, -0.1) is 23.7 Å². The number of aliphatic hydroxyl groups excluding tert-OH is 1. The molecule has 1 aromatic rings. The number of carbonyl (C=O) groups is 1. The van der Waals surface area contributed by atoms with Gasteiger partial charge in [0.1, 0.15) is 0 Å². The number of nitrogens with zero attached hydrogens (tertiary/aromatic N) is 1. The summed E-state index contributed by atoms with van der Waals surface area (Å²) >= 11 is 1.65. The van der Waals surface area contributed by atoms with Crippen molar-refractivity contribution in [1.29, 1.82) is 0 Å². The predicted molar refractivity (Wildman–Crippen MR) is 70.5 cm³/mol. The first-order valence-electron chi connectivity index (χ1n) is 5.35. The second-order valence-electron chi connectivity index (χ2n) is 4.12. The van der Waals surface area contributed by atoms with E-state index in [0.29, 0.717) is 19.5 Å². The number of halogens is 1. The van der Waals surface area contributed by atoms with E-state index in [2.05, 4.69) is 5.32 Å². The summed E-state index contributed by atoms with van der Waals surface area (Å²) in [5.41, 5.74) is 0. The molecule has 96 valence electrons. The highest BCUT2D eigenvalue weighted by molar-refractivity contribution is 7.09. The minimum absolute atomic E-state index is 0. The molecule has 0 bridgehead atoms. The normalized spacial score (nSPS) is 23.2. The van der Waals surface area contributed by atoms with Crippen LogP contribution >= 0.6 is 23.7 Å². The Hall–Kier alpha value is -0.620. The van der Waals surface area contributed by atoms with Crippen LogP contribution < -0.4 is 5.32 Å². The largest absolute Gasteiger partial charge is 0.392 e.